The summed E-state index contributed by atoms with van der Waals surface area (Å²) in [6.45, 7) is 0. The number of hydrogen-bond donors (Lipinski definition) is 1. The summed E-state index contributed by atoms with van der Waals surface area (Å²) in [4.78, 5) is 16.5. The van der Waals surface area contributed by atoms with Crippen LogP contribution < -0.4 is 10.1 Å². The van der Waals surface area contributed by atoms with Crippen LogP contribution in [0.1, 0.15) is 12.3 Å². The Kier molecular flexibility index (Phi) is 5.63. The van der Waals surface area contributed by atoms with Gasteiger partial charge >= 0.3 is 0 Å². The number of anilines is 1. The van der Waals surface area contributed by atoms with Crippen LogP contribution in [0.25, 0.3) is 22.7 Å². The van der Waals surface area contributed by atoms with Crippen LogP contribution in [0.3, 0.4) is 0 Å². The fourth-order valence-corrected chi connectivity index (χ4v) is 3.91. The van der Waals surface area contributed by atoms with Gasteiger partial charge in [0.2, 0.25) is 17.7 Å². The number of aryl methyl sites for hydroxylation is 1. The molecule has 0 spiro atoms. The summed E-state index contributed by atoms with van der Waals surface area (Å²) >= 11 is 2.81. The summed E-state index contributed by atoms with van der Waals surface area (Å²) in [6.07, 6.45) is 0.502. The molecule has 0 aliphatic carbocycles. The van der Waals surface area contributed by atoms with E-state index >= 15 is 0 Å². The van der Waals surface area contributed by atoms with Gasteiger partial charge in [-0.2, -0.15) is 11.3 Å². The van der Waals surface area contributed by atoms with Gasteiger partial charge in [-0.15, -0.1) is 21.5 Å². The molecule has 0 radical (unpaired) electrons. The predicted octanol–water partition coefficient (Wildman–Crippen LogP) is 4.64. The van der Waals surface area contributed by atoms with Crippen molar-refractivity contribution in [3.8, 4) is 28.5 Å². The zero-order valence-electron chi connectivity index (χ0n) is 15.2. The number of hydrogen-bond acceptors (Lipinski definition) is 8. The van der Waals surface area contributed by atoms with Gasteiger partial charge in [0, 0.05) is 34.7 Å². The number of thiazole rings is 1. The number of carbonyl (C=O) groups excluding carboxylic acids is 1. The highest BCUT2D eigenvalue weighted by atomic mass is 32.1. The Hall–Kier alpha value is -3.11. The molecule has 4 aromatic rings. The van der Waals surface area contributed by atoms with Crippen molar-refractivity contribution < 1.29 is 18.3 Å². The van der Waals surface area contributed by atoms with E-state index in [1.807, 2.05) is 16.8 Å². The van der Waals surface area contributed by atoms with Crippen molar-refractivity contribution in [2.75, 3.05) is 12.4 Å². The van der Waals surface area contributed by atoms with E-state index < -0.39 is 5.82 Å². The number of rotatable bonds is 7. The van der Waals surface area contributed by atoms with E-state index in [1.54, 1.807) is 22.8 Å². The lowest BCUT2D eigenvalue weighted by molar-refractivity contribution is -0.116. The van der Waals surface area contributed by atoms with Gasteiger partial charge < -0.3 is 14.5 Å². The lowest BCUT2D eigenvalue weighted by Gasteiger charge is -2.03. The number of amides is 1. The molecule has 10 heteroatoms. The maximum absolute atomic E-state index is 13.9. The SMILES string of the molecule is COc1ccc(-c2csc(NC(=O)CCc3nnc(-c4ccsc4)o3)n2)cc1F. The molecule has 0 bridgehead atoms. The summed E-state index contributed by atoms with van der Waals surface area (Å²) in [6, 6.07) is 6.49. The highest BCUT2D eigenvalue weighted by Crippen LogP contribution is 2.28. The van der Waals surface area contributed by atoms with Crippen LogP contribution in [-0.4, -0.2) is 28.2 Å². The molecule has 29 heavy (non-hydrogen) atoms. The first kappa shape index (κ1) is 19.2. The van der Waals surface area contributed by atoms with Crippen molar-refractivity contribution in [3.05, 3.63) is 52.1 Å². The molecular formula is C19H15FN4O3S2. The summed E-state index contributed by atoms with van der Waals surface area (Å²) in [7, 11) is 1.41. The third-order valence-corrected chi connectivity index (χ3v) is 5.44. The molecule has 3 heterocycles. The van der Waals surface area contributed by atoms with Gasteiger partial charge in [0.05, 0.1) is 12.8 Å². The quantitative estimate of drug-likeness (QED) is 0.459. The maximum Gasteiger partial charge on any atom is 0.248 e. The fourth-order valence-electron chi connectivity index (χ4n) is 2.55. The van der Waals surface area contributed by atoms with Gasteiger partial charge in [0.1, 0.15) is 0 Å². The van der Waals surface area contributed by atoms with E-state index in [2.05, 4.69) is 20.5 Å². The van der Waals surface area contributed by atoms with Crippen LogP contribution >= 0.6 is 22.7 Å². The number of methoxy groups -OCH3 is 1. The van der Waals surface area contributed by atoms with Gasteiger partial charge in [0.25, 0.3) is 0 Å². The van der Waals surface area contributed by atoms with Crippen LogP contribution in [-0.2, 0) is 11.2 Å². The van der Waals surface area contributed by atoms with Crippen molar-refractivity contribution in [1.82, 2.24) is 15.2 Å². The van der Waals surface area contributed by atoms with Crippen molar-refractivity contribution >= 4 is 33.7 Å². The first-order chi connectivity index (χ1) is 14.1. The molecule has 1 N–H and O–H groups in total. The standard InChI is InChI=1S/C19H15FN4O3S2/c1-26-15-3-2-11(8-13(15)20)14-10-29-19(21-14)22-16(25)4-5-17-23-24-18(27-17)12-6-7-28-9-12/h2-3,6-10H,4-5H2,1H3,(H,21,22,25). The molecule has 1 amide bonds. The van der Waals surface area contributed by atoms with Gasteiger partial charge in [-0.25, -0.2) is 9.37 Å². The minimum atomic E-state index is -0.468. The lowest BCUT2D eigenvalue weighted by Crippen LogP contribution is -2.12. The Morgan fingerprint density at radius 2 is 2.14 bits per heavy atom. The molecule has 0 fully saturated rings. The zero-order chi connectivity index (χ0) is 20.2. The smallest absolute Gasteiger partial charge is 0.248 e. The van der Waals surface area contributed by atoms with Crippen molar-refractivity contribution in [3.63, 3.8) is 0 Å². The van der Waals surface area contributed by atoms with Crippen LogP contribution in [0.15, 0.2) is 44.8 Å². The molecule has 7 nitrogen and oxygen atoms in total. The summed E-state index contributed by atoms with van der Waals surface area (Å²) < 4.78 is 24.3. The molecule has 0 atom stereocenters. The fraction of sp³-hybridized carbons (Fsp3) is 0.158. The average molecular weight is 430 g/mol. The van der Waals surface area contributed by atoms with E-state index in [4.69, 9.17) is 9.15 Å². The molecule has 0 unspecified atom stereocenters. The topological polar surface area (TPSA) is 90.1 Å². The minimum Gasteiger partial charge on any atom is -0.494 e. The first-order valence-corrected chi connectivity index (χ1v) is 10.4. The third kappa shape index (κ3) is 4.49. The molecule has 0 aliphatic heterocycles. The number of halogens is 1. The van der Waals surface area contributed by atoms with Crippen LogP contribution in [0.2, 0.25) is 0 Å². The molecule has 0 saturated carbocycles. The molecule has 0 saturated heterocycles. The second kappa shape index (κ2) is 8.50. The summed E-state index contributed by atoms with van der Waals surface area (Å²) in [5.74, 6) is 0.320. The molecular weight excluding hydrogens is 415 g/mol. The third-order valence-electron chi connectivity index (χ3n) is 4.00. The van der Waals surface area contributed by atoms with E-state index in [1.165, 1.54) is 30.6 Å². The predicted molar refractivity (Wildman–Crippen MR) is 109 cm³/mol. The van der Waals surface area contributed by atoms with E-state index in [0.29, 0.717) is 34.6 Å². The number of carbonyl (C=O) groups is 1. The van der Waals surface area contributed by atoms with E-state index in [0.717, 1.165) is 5.56 Å². The molecule has 3 aromatic heterocycles. The van der Waals surface area contributed by atoms with Gasteiger partial charge in [0.15, 0.2) is 16.7 Å². The number of aromatic nitrogens is 3. The summed E-state index contributed by atoms with van der Waals surface area (Å²) in [5.41, 5.74) is 2.04. The number of thiophene rings is 1. The number of nitrogens with zero attached hydrogens (tertiary/aromatic N) is 3. The monoisotopic (exact) mass is 430 g/mol. The van der Waals surface area contributed by atoms with E-state index in [9.17, 15) is 9.18 Å². The highest BCUT2D eigenvalue weighted by Gasteiger charge is 2.13. The first-order valence-electron chi connectivity index (χ1n) is 8.56. The molecule has 1 aromatic carbocycles. The Labute approximate surface area is 173 Å². The van der Waals surface area contributed by atoms with Crippen LogP contribution in [0.5, 0.6) is 5.75 Å². The van der Waals surface area contributed by atoms with Crippen LogP contribution in [0, 0.1) is 5.82 Å². The van der Waals surface area contributed by atoms with Crippen molar-refractivity contribution in [2.24, 2.45) is 0 Å². The molecule has 4 rings (SSSR count). The van der Waals surface area contributed by atoms with E-state index in [-0.39, 0.29) is 18.1 Å². The second-order valence-electron chi connectivity index (χ2n) is 5.95. The normalized spacial score (nSPS) is 10.8. The highest BCUT2D eigenvalue weighted by molar-refractivity contribution is 7.14. The Morgan fingerprint density at radius 3 is 2.90 bits per heavy atom. The van der Waals surface area contributed by atoms with Crippen LogP contribution in [0.4, 0.5) is 9.52 Å². The Bertz CT molecular complexity index is 1120. The Morgan fingerprint density at radius 1 is 1.24 bits per heavy atom. The average Bonchev–Trinajstić information content (AvgIpc) is 3.47. The second-order valence-corrected chi connectivity index (χ2v) is 7.59. The lowest BCUT2D eigenvalue weighted by atomic mass is 10.1. The number of ether oxygens (including phenoxy) is 1. The zero-order valence-corrected chi connectivity index (χ0v) is 16.8. The Balaban J connectivity index is 1.34. The number of nitrogens with one attached hydrogen (secondary N) is 1. The van der Waals surface area contributed by atoms with Crippen molar-refractivity contribution in [1.29, 1.82) is 0 Å². The summed E-state index contributed by atoms with van der Waals surface area (Å²) in [5, 5.41) is 16.7. The minimum absolute atomic E-state index is 0.167. The molecule has 0 aliphatic rings. The number of benzene rings is 1. The largest absolute Gasteiger partial charge is 0.494 e. The van der Waals surface area contributed by atoms with Crippen molar-refractivity contribution in [2.45, 2.75) is 12.8 Å². The van der Waals surface area contributed by atoms with Gasteiger partial charge in [-0.3, -0.25) is 4.79 Å². The maximum atomic E-state index is 13.9. The molecule has 148 valence electrons. The van der Waals surface area contributed by atoms with Gasteiger partial charge in [-0.1, -0.05) is 0 Å². The van der Waals surface area contributed by atoms with Gasteiger partial charge in [-0.05, 0) is 29.6 Å².